The normalized spacial score (nSPS) is 12.1. The van der Waals surface area contributed by atoms with E-state index in [1.54, 1.807) is 6.07 Å². The average molecular weight is 549 g/mol. The smallest absolute Gasteiger partial charge is 0.383 e. The van der Waals surface area contributed by atoms with Gasteiger partial charge in [0.1, 0.15) is 24.5 Å². The van der Waals surface area contributed by atoms with E-state index in [0.29, 0.717) is 35.7 Å². The Kier molecular flexibility index (Phi) is 14.7. The average Bonchev–Trinajstić information content (AvgIpc) is 2.89. The Labute approximate surface area is 240 Å². The van der Waals surface area contributed by atoms with Crippen molar-refractivity contribution < 1.29 is 18.6 Å². The van der Waals surface area contributed by atoms with Gasteiger partial charge >= 0.3 is 5.63 Å². The van der Waals surface area contributed by atoms with E-state index in [9.17, 15) is 4.79 Å². The van der Waals surface area contributed by atoms with Crippen LogP contribution in [0.4, 0.5) is 0 Å². The number of rotatable bonds is 17. The molecule has 0 fully saturated rings. The molecular weight excluding hydrogens is 500 g/mol. The second-order valence-corrected chi connectivity index (χ2v) is 10.6. The highest BCUT2D eigenvalue weighted by Crippen LogP contribution is 2.35. The monoisotopic (exact) mass is 548 g/mol. The van der Waals surface area contributed by atoms with Gasteiger partial charge in [-0.05, 0) is 104 Å². The molecule has 0 atom stereocenters. The quantitative estimate of drug-likeness (QED) is 0.112. The third-order valence-electron chi connectivity index (χ3n) is 6.25. The van der Waals surface area contributed by atoms with Crippen molar-refractivity contribution in [3.8, 4) is 17.2 Å². The van der Waals surface area contributed by atoms with Gasteiger partial charge in [0.2, 0.25) is 5.75 Å². The van der Waals surface area contributed by atoms with Crippen LogP contribution in [0.15, 0.2) is 86.2 Å². The zero-order valence-electron chi connectivity index (χ0n) is 25.6. The van der Waals surface area contributed by atoms with Crippen LogP contribution >= 0.6 is 0 Å². The van der Waals surface area contributed by atoms with Crippen LogP contribution in [0.5, 0.6) is 17.2 Å². The predicted octanol–water partition coefficient (Wildman–Crippen LogP) is 9.67. The van der Waals surface area contributed by atoms with Crippen LogP contribution in [0.3, 0.4) is 0 Å². The molecule has 0 N–H and O–H groups in total. The lowest BCUT2D eigenvalue weighted by Crippen LogP contribution is -2.11. The number of hydrogen-bond donors (Lipinski definition) is 0. The summed E-state index contributed by atoms with van der Waals surface area (Å²) in [4.78, 5) is 13.1. The molecule has 0 unspecified atom stereocenters. The molecule has 0 spiro atoms. The SMILES string of the molecule is CCC=CCCOc1ccc2c(OCC=C(C)CCC=C(C)C)c(OCC=C(C)CCC=C(C)C)c(=O)oc2c1. The van der Waals surface area contributed by atoms with Gasteiger partial charge in [-0.3, -0.25) is 0 Å². The maximum atomic E-state index is 13.1. The van der Waals surface area contributed by atoms with Gasteiger partial charge in [0.15, 0.2) is 5.75 Å². The van der Waals surface area contributed by atoms with E-state index >= 15 is 0 Å². The minimum absolute atomic E-state index is 0.0924. The number of fused-ring (bicyclic) bond motifs is 1. The standard InChI is InChI=1S/C35H48O5/c1-8-9-10-11-22-37-30-18-19-31-32(25-30)40-35(36)34(39-24-21-29(7)17-13-15-27(4)5)33(31)38-23-20-28(6)16-12-14-26(2)3/h9-10,14-15,18-21,25H,8,11-13,16-17,22-24H2,1-7H3. The molecule has 218 valence electrons. The van der Waals surface area contributed by atoms with Crippen LogP contribution in [0.25, 0.3) is 11.0 Å². The molecule has 0 aliphatic heterocycles. The maximum Gasteiger partial charge on any atom is 0.383 e. The van der Waals surface area contributed by atoms with Crippen molar-refractivity contribution in [3.63, 3.8) is 0 Å². The Hall–Kier alpha value is -3.47. The van der Waals surface area contributed by atoms with Crippen molar-refractivity contribution in [2.24, 2.45) is 0 Å². The van der Waals surface area contributed by atoms with Crippen molar-refractivity contribution in [3.05, 3.63) is 87.4 Å². The molecule has 0 amide bonds. The largest absolute Gasteiger partial charge is 0.493 e. The summed E-state index contributed by atoms with van der Waals surface area (Å²) in [7, 11) is 0. The number of benzene rings is 1. The highest BCUT2D eigenvalue weighted by atomic mass is 16.5. The van der Waals surface area contributed by atoms with Gasteiger partial charge < -0.3 is 18.6 Å². The Morgan fingerprint density at radius 1 is 0.750 bits per heavy atom. The highest BCUT2D eigenvalue weighted by Gasteiger charge is 2.18. The van der Waals surface area contributed by atoms with Gasteiger partial charge in [-0.15, -0.1) is 0 Å². The fourth-order valence-corrected chi connectivity index (χ4v) is 3.94. The first-order valence-corrected chi connectivity index (χ1v) is 14.4. The topological polar surface area (TPSA) is 57.9 Å². The molecule has 2 rings (SSSR count). The summed E-state index contributed by atoms with van der Waals surface area (Å²) < 4.78 is 23.7. The molecule has 0 aliphatic carbocycles. The van der Waals surface area contributed by atoms with Crippen LogP contribution in [0, 0.1) is 0 Å². The molecule has 0 aliphatic rings. The highest BCUT2D eigenvalue weighted by molar-refractivity contribution is 5.86. The van der Waals surface area contributed by atoms with Gasteiger partial charge in [0.05, 0.1) is 12.0 Å². The molecule has 0 saturated heterocycles. The van der Waals surface area contributed by atoms with Crippen LogP contribution in [-0.2, 0) is 0 Å². The first kappa shape index (κ1) is 32.7. The van der Waals surface area contributed by atoms with Crippen LogP contribution in [-0.4, -0.2) is 19.8 Å². The van der Waals surface area contributed by atoms with Gasteiger partial charge in [0.25, 0.3) is 0 Å². The van der Waals surface area contributed by atoms with E-state index < -0.39 is 5.63 Å². The molecule has 2 aromatic rings. The zero-order valence-corrected chi connectivity index (χ0v) is 25.6. The Bertz CT molecular complexity index is 1280. The summed E-state index contributed by atoms with van der Waals surface area (Å²) in [6.45, 7) is 15.8. The van der Waals surface area contributed by atoms with E-state index in [4.69, 9.17) is 18.6 Å². The Morgan fingerprint density at radius 3 is 1.93 bits per heavy atom. The molecule has 5 heteroatoms. The summed E-state index contributed by atoms with van der Waals surface area (Å²) in [5.41, 5.74) is 4.90. The molecule has 1 aromatic heterocycles. The number of ether oxygens (including phenoxy) is 3. The minimum Gasteiger partial charge on any atom is -0.493 e. The Morgan fingerprint density at radius 2 is 1.35 bits per heavy atom. The van der Waals surface area contributed by atoms with Gasteiger partial charge in [-0.25, -0.2) is 4.79 Å². The lowest BCUT2D eigenvalue weighted by molar-refractivity contribution is 0.294. The van der Waals surface area contributed by atoms with Crippen LogP contribution in [0.1, 0.15) is 87.0 Å². The molecule has 0 radical (unpaired) electrons. The second-order valence-electron chi connectivity index (χ2n) is 10.6. The third-order valence-corrected chi connectivity index (χ3v) is 6.25. The fraction of sp³-hybridized carbons (Fsp3) is 0.457. The van der Waals surface area contributed by atoms with E-state index in [2.05, 4.69) is 78.8 Å². The predicted molar refractivity (Wildman–Crippen MR) is 168 cm³/mol. The summed E-state index contributed by atoms with van der Waals surface area (Å²) in [6, 6.07) is 5.48. The Balaban J connectivity index is 2.27. The number of hydrogen-bond acceptors (Lipinski definition) is 5. The molecule has 0 saturated carbocycles. The van der Waals surface area contributed by atoms with Crippen molar-refractivity contribution >= 4 is 11.0 Å². The van der Waals surface area contributed by atoms with E-state index in [-0.39, 0.29) is 12.4 Å². The lowest BCUT2D eigenvalue weighted by atomic mass is 10.1. The fourth-order valence-electron chi connectivity index (χ4n) is 3.94. The third kappa shape index (κ3) is 12.1. The maximum absolute atomic E-state index is 13.1. The van der Waals surface area contributed by atoms with Gasteiger partial charge in [0, 0.05) is 6.07 Å². The molecule has 0 bridgehead atoms. The van der Waals surface area contributed by atoms with Crippen molar-refractivity contribution in [1.82, 2.24) is 0 Å². The van der Waals surface area contributed by atoms with E-state index in [0.717, 1.165) is 38.5 Å². The van der Waals surface area contributed by atoms with Gasteiger partial charge in [-0.1, -0.05) is 53.5 Å². The number of allylic oxidation sites excluding steroid dienone is 7. The molecule has 40 heavy (non-hydrogen) atoms. The van der Waals surface area contributed by atoms with Crippen molar-refractivity contribution in [2.45, 2.75) is 87.0 Å². The molecule has 1 aromatic carbocycles. The molecule has 5 nitrogen and oxygen atoms in total. The summed E-state index contributed by atoms with van der Waals surface area (Å²) in [6.07, 6.45) is 18.4. The first-order chi connectivity index (χ1) is 19.2. The zero-order chi connectivity index (χ0) is 29.3. The summed E-state index contributed by atoms with van der Waals surface area (Å²) in [5.74, 6) is 1.13. The first-order valence-electron chi connectivity index (χ1n) is 14.4. The minimum atomic E-state index is -0.564. The second kappa shape index (κ2) is 18.0. The molecule has 1 heterocycles. The lowest BCUT2D eigenvalue weighted by Gasteiger charge is -2.14. The molecular formula is C35H48O5. The van der Waals surface area contributed by atoms with Crippen LogP contribution in [0.2, 0.25) is 0 Å². The van der Waals surface area contributed by atoms with Crippen molar-refractivity contribution in [2.75, 3.05) is 19.8 Å². The van der Waals surface area contributed by atoms with Gasteiger partial charge in [-0.2, -0.15) is 0 Å². The van der Waals surface area contributed by atoms with Crippen LogP contribution < -0.4 is 19.8 Å². The van der Waals surface area contributed by atoms with E-state index in [1.807, 2.05) is 18.2 Å². The summed E-state index contributed by atoms with van der Waals surface area (Å²) >= 11 is 0. The van der Waals surface area contributed by atoms with Crippen molar-refractivity contribution in [1.29, 1.82) is 0 Å². The van der Waals surface area contributed by atoms with E-state index in [1.165, 1.54) is 22.3 Å². The summed E-state index contributed by atoms with van der Waals surface area (Å²) in [5, 5.41) is 0.674.